The highest BCUT2D eigenvalue weighted by Gasteiger charge is 2.65. The summed E-state index contributed by atoms with van der Waals surface area (Å²) in [7, 11) is -5.95. The minimum absolute atomic E-state index is 0.00745. The van der Waals surface area contributed by atoms with E-state index in [-0.39, 0.29) is 28.8 Å². The van der Waals surface area contributed by atoms with Crippen molar-refractivity contribution >= 4 is 22.9 Å². The normalized spacial score (nSPS) is 29.0. The van der Waals surface area contributed by atoms with Crippen LogP contribution in [0.15, 0.2) is 21.9 Å². The van der Waals surface area contributed by atoms with Gasteiger partial charge in [-0.2, -0.15) is 0 Å². The standard InChI is InChI=1S/C22H38N2O8Si2/c1-13(2)33(14(3)4)29-11-17-19(31-34(32-33,15(5)6)16(7)8)20(27)22(12-25,30-17)24-10-9-18(26)23-21(24)28/h9-10,13-17,19,25H,11-12H2,1-8H3,(H,23,26,28)/t17-,19-,22+/m1/s1. The maximum absolute atomic E-state index is 13.8. The predicted molar refractivity (Wildman–Crippen MR) is 130 cm³/mol. The number of aliphatic hydroxyl groups excluding tert-OH is 1. The van der Waals surface area contributed by atoms with Crippen LogP contribution in [0.3, 0.4) is 0 Å². The fourth-order valence-corrected chi connectivity index (χ4v) is 16.4. The van der Waals surface area contributed by atoms with E-state index in [0.29, 0.717) is 0 Å². The first-order valence-corrected chi connectivity index (χ1v) is 15.9. The molecule has 3 heterocycles. The summed E-state index contributed by atoms with van der Waals surface area (Å²) >= 11 is 0. The van der Waals surface area contributed by atoms with Gasteiger partial charge in [0.05, 0.1) is 13.2 Å². The van der Waals surface area contributed by atoms with E-state index in [1.165, 1.54) is 0 Å². The van der Waals surface area contributed by atoms with E-state index in [2.05, 4.69) is 32.7 Å². The zero-order valence-corrected chi connectivity index (χ0v) is 23.3. The molecule has 2 fully saturated rings. The Hall–Kier alpha value is -1.42. The molecule has 10 nitrogen and oxygen atoms in total. The Morgan fingerprint density at radius 2 is 1.59 bits per heavy atom. The lowest BCUT2D eigenvalue weighted by Gasteiger charge is -2.50. The molecule has 2 saturated heterocycles. The van der Waals surface area contributed by atoms with Gasteiger partial charge in [0, 0.05) is 12.3 Å². The molecule has 12 heteroatoms. The number of nitrogens with zero attached hydrogens (tertiary/aromatic N) is 1. The number of H-pyrrole nitrogens is 1. The van der Waals surface area contributed by atoms with E-state index >= 15 is 0 Å². The Labute approximate surface area is 202 Å². The molecule has 0 aromatic carbocycles. The Balaban J connectivity index is 2.18. The average Bonchev–Trinajstić information content (AvgIpc) is 2.98. The number of Topliss-reactive ketones (excluding diaryl/α,β-unsaturated/α-hetero) is 1. The molecule has 0 spiro atoms. The number of aromatic nitrogens is 2. The van der Waals surface area contributed by atoms with Crippen LogP contribution in [0.2, 0.25) is 22.2 Å². The Morgan fingerprint density at radius 3 is 2.06 bits per heavy atom. The molecule has 192 valence electrons. The van der Waals surface area contributed by atoms with Crippen LogP contribution in [0.25, 0.3) is 0 Å². The topological polar surface area (TPSA) is 129 Å². The van der Waals surface area contributed by atoms with Crippen LogP contribution in [-0.4, -0.2) is 63.0 Å². The zero-order chi connectivity index (χ0) is 25.6. The summed E-state index contributed by atoms with van der Waals surface area (Å²) in [6.07, 6.45) is -0.785. The number of hydrogen-bond acceptors (Lipinski definition) is 8. The van der Waals surface area contributed by atoms with Crippen molar-refractivity contribution in [3.8, 4) is 0 Å². The average molecular weight is 515 g/mol. The lowest BCUT2D eigenvalue weighted by molar-refractivity contribution is -0.162. The second kappa shape index (κ2) is 9.56. The Kier molecular flexibility index (Phi) is 7.64. The molecule has 34 heavy (non-hydrogen) atoms. The minimum atomic E-state index is -3.10. The maximum Gasteiger partial charge on any atom is 0.335 e. The van der Waals surface area contributed by atoms with E-state index in [4.69, 9.17) is 17.7 Å². The molecule has 1 aromatic heterocycles. The van der Waals surface area contributed by atoms with E-state index in [1.807, 2.05) is 27.7 Å². The van der Waals surface area contributed by atoms with Gasteiger partial charge in [0.1, 0.15) is 12.2 Å². The van der Waals surface area contributed by atoms with Gasteiger partial charge in [0.15, 0.2) is 0 Å². The summed E-state index contributed by atoms with van der Waals surface area (Å²) < 4.78 is 27.5. The molecule has 2 N–H and O–H groups in total. The monoisotopic (exact) mass is 514 g/mol. The van der Waals surface area contributed by atoms with Gasteiger partial charge in [0.2, 0.25) is 11.5 Å². The van der Waals surface area contributed by atoms with E-state index in [0.717, 1.165) is 16.8 Å². The lowest BCUT2D eigenvalue weighted by Crippen LogP contribution is -2.65. The third kappa shape index (κ3) is 4.12. The van der Waals surface area contributed by atoms with E-state index in [9.17, 15) is 19.5 Å². The highest BCUT2D eigenvalue weighted by atomic mass is 28.5. The van der Waals surface area contributed by atoms with Crippen LogP contribution >= 0.6 is 0 Å². The summed E-state index contributed by atoms with van der Waals surface area (Å²) in [4.78, 5) is 40.1. The fourth-order valence-electron chi connectivity index (χ4n) is 5.20. The number of ketones is 1. The van der Waals surface area contributed by atoms with Gasteiger partial charge in [-0.3, -0.25) is 19.1 Å². The molecular weight excluding hydrogens is 476 g/mol. The number of carbonyl (C=O) groups excluding carboxylic acids is 1. The minimum Gasteiger partial charge on any atom is -0.414 e. The largest absolute Gasteiger partial charge is 0.414 e. The number of fused-ring (bicyclic) bond motifs is 1. The van der Waals surface area contributed by atoms with Gasteiger partial charge in [-0.25, -0.2) is 4.79 Å². The first-order valence-electron chi connectivity index (χ1n) is 11.9. The molecular formula is C22H38N2O8Si2. The van der Waals surface area contributed by atoms with Gasteiger partial charge in [-0.15, -0.1) is 0 Å². The van der Waals surface area contributed by atoms with Crippen molar-refractivity contribution in [2.75, 3.05) is 13.2 Å². The van der Waals surface area contributed by atoms with Crippen LogP contribution < -0.4 is 11.2 Å². The second-order valence-corrected chi connectivity index (χ2v) is 19.3. The van der Waals surface area contributed by atoms with Crippen molar-refractivity contribution in [2.45, 2.75) is 95.5 Å². The smallest absolute Gasteiger partial charge is 0.335 e. The third-order valence-electron chi connectivity index (χ3n) is 7.08. The van der Waals surface area contributed by atoms with Crippen LogP contribution in [0, 0.1) is 0 Å². The summed E-state index contributed by atoms with van der Waals surface area (Å²) in [5.74, 6) is -0.595. The molecule has 0 bridgehead atoms. The number of rotatable bonds is 6. The second-order valence-electron chi connectivity index (χ2n) is 10.5. The number of aliphatic hydroxyl groups is 1. The number of ether oxygens (including phenoxy) is 1. The molecule has 3 atom stereocenters. The van der Waals surface area contributed by atoms with Crippen molar-refractivity contribution in [2.24, 2.45) is 0 Å². The predicted octanol–water partition coefficient (Wildman–Crippen LogP) is 2.11. The first kappa shape index (κ1) is 27.2. The van der Waals surface area contributed by atoms with Crippen LogP contribution in [0.1, 0.15) is 55.4 Å². The summed E-state index contributed by atoms with van der Waals surface area (Å²) in [5, 5.41) is 10.3. The summed E-state index contributed by atoms with van der Waals surface area (Å²) in [5.41, 5.74) is -3.30. The van der Waals surface area contributed by atoms with Crippen LogP contribution in [0.4, 0.5) is 0 Å². The number of hydrogen-bond donors (Lipinski definition) is 2. The first-order chi connectivity index (χ1) is 15.8. The van der Waals surface area contributed by atoms with Crippen LogP contribution in [0.5, 0.6) is 0 Å². The molecule has 0 radical (unpaired) electrons. The van der Waals surface area contributed by atoms with Crippen molar-refractivity contribution in [3.05, 3.63) is 33.1 Å². The quantitative estimate of drug-likeness (QED) is 0.552. The molecule has 0 saturated carbocycles. The zero-order valence-electron chi connectivity index (χ0n) is 21.3. The van der Waals surface area contributed by atoms with E-state index < -0.39 is 58.7 Å². The van der Waals surface area contributed by atoms with Crippen molar-refractivity contribution < 1.29 is 27.6 Å². The molecule has 0 aliphatic carbocycles. The molecule has 0 unspecified atom stereocenters. The third-order valence-corrected chi connectivity index (χ3v) is 17.3. The highest BCUT2D eigenvalue weighted by Crippen LogP contribution is 2.48. The van der Waals surface area contributed by atoms with Gasteiger partial charge < -0.3 is 22.8 Å². The maximum atomic E-state index is 13.8. The molecule has 3 rings (SSSR count). The molecule has 2 aliphatic rings. The Morgan fingerprint density at radius 1 is 1.03 bits per heavy atom. The van der Waals surface area contributed by atoms with Crippen molar-refractivity contribution in [3.63, 3.8) is 0 Å². The van der Waals surface area contributed by atoms with Crippen molar-refractivity contribution in [1.29, 1.82) is 0 Å². The number of aromatic amines is 1. The Bertz CT molecular complexity index is 1000. The van der Waals surface area contributed by atoms with Gasteiger partial charge in [0.25, 0.3) is 5.56 Å². The molecule has 1 aromatic rings. The van der Waals surface area contributed by atoms with Crippen LogP contribution in [-0.2, 0) is 28.2 Å². The highest BCUT2D eigenvalue weighted by molar-refractivity contribution is 6.84. The number of carbonyl (C=O) groups is 1. The lowest BCUT2D eigenvalue weighted by atomic mass is 10.1. The SMILES string of the molecule is CC(C)[Si]1(C(C)C)OC[C@H]2O[C@](CO)(n3ccc(=O)[nH]c3=O)C(=O)[C@@H]2O[Si](C(C)C)(C(C)C)O1. The van der Waals surface area contributed by atoms with Crippen molar-refractivity contribution in [1.82, 2.24) is 9.55 Å². The molecule has 0 amide bonds. The van der Waals surface area contributed by atoms with Gasteiger partial charge in [-0.05, 0) is 22.2 Å². The summed E-state index contributed by atoms with van der Waals surface area (Å²) in [6, 6.07) is 1.10. The molecule has 2 aliphatic heterocycles. The van der Waals surface area contributed by atoms with E-state index in [1.54, 1.807) is 0 Å². The van der Waals surface area contributed by atoms with Gasteiger partial charge in [-0.1, -0.05) is 55.4 Å². The summed E-state index contributed by atoms with van der Waals surface area (Å²) in [6.45, 7) is 15.7. The number of nitrogens with one attached hydrogen (secondary N) is 1. The fraction of sp³-hybridized carbons (Fsp3) is 0.773. The van der Waals surface area contributed by atoms with Gasteiger partial charge >= 0.3 is 22.8 Å².